The molecule has 1 aromatic heterocycles. The molecular formula is C10H7N3S. The monoisotopic (exact) mass is 201 g/mol. The zero-order valence-corrected chi connectivity index (χ0v) is 8.16. The average molecular weight is 201 g/mol. The summed E-state index contributed by atoms with van der Waals surface area (Å²) in [6, 6.07) is 9.92. The fraction of sp³-hybridized carbons (Fsp3) is 0.100. The molecular weight excluding hydrogens is 194 g/mol. The maximum absolute atomic E-state index is 8.50. The minimum Gasteiger partial charge on any atom is -0.198 e. The lowest BCUT2D eigenvalue weighted by atomic mass is 10.1. The average Bonchev–Trinajstić information content (AvgIpc) is 2.72. The highest BCUT2D eigenvalue weighted by atomic mass is 32.1. The number of hydrogen-bond acceptors (Lipinski definition) is 4. The van der Waals surface area contributed by atoms with Crippen LogP contribution in [0, 0.1) is 11.3 Å². The predicted molar refractivity (Wildman–Crippen MR) is 54.7 cm³/mol. The molecule has 0 unspecified atom stereocenters. The third-order valence-corrected chi connectivity index (χ3v) is 2.40. The van der Waals surface area contributed by atoms with Gasteiger partial charge in [0.25, 0.3) is 0 Å². The van der Waals surface area contributed by atoms with Gasteiger partial charge in [0.15, 0.2) is 0 Å². The van der Waals surface area contributed by atoms with Gasteiger partial charge in [0.1, 0.15) is 5.69 Å². The Bertz CT molecular complexity index is 439. The van der Waals surface area contributed by atoms with Crippen LogP contribution in [0.1, 0.15) is 5.56 Å². The van der Waals surface area contributed by atoms with E-state index in [1.54, 1.807) is 0 Å². The molecule has 0 saturated carbocycles. The van der Waals surface area contributed by atoms with Gasteiger partial charge in [0, 0.05) is 10.9 Å². The highest BCUT2D eigenvalue weighted by molar-refractivity contribution is 7.03. The zero-order valence-electron chi connectivity index (χ0n) is 7.34. The van der Waals surface area contributed by atoms with Gasteiger partial charge in [-0.15, -0.1) is 5.10 Å². The molecule has 0 aliphatic carbocycles. The van der Waals surface area contributed by atoms with E-state index in [1.165, 1.54) is 11.5 Å². The molecule has 2 rings (SSSR count). The van der Waals surface area contributed by atoms with Crippen LogP contribution >= 0.6 is 11.5 Å². The van der Waals surface area contributed by atoms with Crippen LogP contribution in [-0.4, -0.2) is 9.59 Å². The Labute approximate surface area is 85.8 Å². The molecule has 0 fully saturated rings. The third-order valence-electron chi connectivity index (χ3n) is 1.89. The summed E-state index contributed by atoms with van der Waals surface area (Å²) in [7, 11) is 0. The normalized spacial score (nSPS) is 9.64. The van der Waals surface area contributed by atoms with Crippen molar-refractivity contribution in [3.8, 4) is 17.3 Å². The number of rotatable bonds is 2. The second-order valence-corrected chi connectivity index (χ2v) is 3.43. The molecule has 0 aliphatic rings. The summed E-state index contributed by atoms with van der Waals surface area (Å²) in [6.07, 6.45) is 0.454. The molecule has 1 heterocycles. The van der Waals surface area contributed by atoms with E-state index in [9.17, 15) is 0 Å². The standard InChI is InChI=1S/C10H7N3S/c11-6-5-8-1-3-9(4-2-8)10-7-14-13-12-10/h1-4,7H,5H2. The van der Waals surface area contributed by atoms with E-state index < -0.39 is 0 Å². The van der Waals surface area contributed by atoms with Gasteiger partial charge >= 0.3 is 0 Å². The fourth-order valence-corrected chi connectivity index (χ4v) is 1.64. The molecule has 0 N–H and O–H groups in total. The van der Waals surface area contributed by atoms with Crippen molar-refractivity contribution < 1.29 is 0 Å². The lowest BCUT2D eigenvalue weighted by Gasteiger charge is -1.96. The summed E-state index contributed by atoms with van der Waals surface area (Å²) < 4.78 is 3.80. The maximum atomic E-state index is 8.50. The molecule has 0 atom stereocenters. The Morgan fingerprint density at radius 3 is 2.64 bits per heavy atom. The molecule has 0 amide bonds. The van der Waals surface area contributed by atoms with Gasteiger partial charge in [-0.05, 0) is 17.1 Å². The van der Waals surface area contributed by atoms with Crippen molar-refractivity contribution in [1.82, 2.24) is 9.59 Å². The summed E-state index contributed by atoms with van der Waals surface area (Å²) >= 11 is 1.34. The molecule has 0 aliphatic heterocycles. The van der Waals surface area contributed by atoms with Crippen LogP contribution in [0.4, 0.5) is 0 Å². The molecule has 3 nitrogen and oxygen atoms in total. The van der Waals surface area contributed by atoms with Gasteiger partial charge in [0.05, 0.1) is 12.5 Å². The Morgan fingerprint density at radius 1 is 1.29 bits per heavy atom. The Balaban J connectivity index is 2.27. The van der Waals surface area contributed by atoms with Crippen LogP contribution in [-0.2, 0) is 6.42 Å². The van der Waals surface area contributed by atoms with Crippen LogP contribution in [0.25, 0.3) is 11.3 Å². The number of nitrogens with zero attached hydrogens (tertiary/aromatic N) is 3. The molecule has 4 heteroatoms. The van der Waals surface area contributed by atoms with Gasteiger partial charge in [-0.1, -0.05) is 28.8 Å². The first kappa shape index (κ1) is 8.85. The quantitative estimate of drug-likeness (QED) is 0.748. The summed E-state index contributed by atoms with van der Waals surface area (Å²) in [5, 5.41) is 14.4. The first-order valence-corrected chi connectivity index (χ1v) is 4.97. The molecule has 0 bridgehead atoms. The lowest BCUT2D eigenvalue weighted by Crippen LogP contribution is -1.82. The molecule has 68 valence electrons. The largest absolute Gasteiger partial charge is 0.198 e. The Morgan fingerprint density at radius 2 is 2.07 bits per heavy atom. The molecule has 2 aromatic rings. The van der Waals surface area contributed by atoms with Crippen LogP contribution < -0.4 is 0 Å². The first-order valence-electron chi connectivity index (χ1n) is 4.13. The number of aromatic nitrogens is 2. The van der Waals surface area contributed by atoms with Crippen molar-refractivity contribution in [2.45, 2.75) is 6.42 Å². The molecule has 0 saturated heterocycles. The van der Waals surface area contributed by atoms with Crippen molar-refractivity contribution in [2.75, 3.05) is 0 Å². The maximum Gasteiger partial charge on any atom is 0.105 e. The van der Waals surface area contributed by atoms with E-state index in [0.29, 0.717) is 6.42 Å². The van der Waals surface area contributed by atoms with Crippen LogP contribution in [0.2, 0.25) is 0 Å². The van der Waals surface area contributed by atoms with Crippen molar-refractivity contribution in [2.24, 2.45) is 0 Å². The smallest absolute Gasteiger partial charge is 0.105 e. The topological polar surface area (TPSA) is 49.6 Å². The molecule has 14 heavy (non-hydrogen) atoms. The van der Waals surface area contributed by atoms with E-state index in [4.69, 9.17) is 5.26 Å². The zero-order chi connectivity index (χ0) is 9.80. The Kier molecular flexibility index (Phi) is 2.52. The van der Waals surface area contributed by atoms with E-state index in [1.807, 2.05) is 29.6 Å². The van der Waals surface area contributed by atoms with Crippen molar-refractivity contribution >= 4 is 11.5 Å². The predicted octanol–water partition coefficient (Wildman–Crippen LogP) is 2.27. The molecule has 1 aromatic carbocycles. The van der Waals surface area contributed by atoms with Crippen LogP contribution in [0.15, 0.2) is 29.6 Å². The minimum absolute atomic E-state index is 0.454. The lowest BCUT2D eigenvalue weighted by molar-refractivity contribution is 1.16. The third kappa shape index (κ3) is 1.78. The van der Waals surface area contributed by atoms with Gasteiger partial charge in [0.2, 0.25) is 0 Å². The minimum atomic E-state index is 0.454. The van der Waals surface area contributed by atoms with Crippen LogP contribution in [0.3, 0.4) is 0 Å². The number of benzene rings is 1. The molecule has 0 spiro atoms. The van der Waals surface area contributed by atoms with Crippen molar-refractivity contribution in [3.63, 3.8) is 0 Å². The Hall–Kier alpha value is -1.73. The van der Waals surface area contributed by atoms with Crippen molar-refractivity contribution in [1.29, 1.82) is 5.26 Å². The second kappa shape index (κ2) is 3.99. The summed E-state index contributed by atoms with van der Waals surface area (Å²) in [5.74, 6) is 0. The highest BCUT2D eigenvalue weighted by Gasteiger charge is 2.00. The molecule has 0 radical (unpaired) electrons. The summed E-state index contributed by atoms with van der Waals surface area (Å²) in [5.41, 5.74) is 2.96. The van der Waals surface area contributed by atoms with E-state index in [0.717, 1.165) is 16.8 Å². The van der Waals surface area contributed by atoms with Gasteiger partial charge < -0.3 is 0 Å². The summed E-state index contributed by atoms with van der Waals surface area (Å²) in [6.45, 7) is 0. The van der Waals surface area contributed by atoms with E-state index in [2.05, 4.69) is 15.7 Å². The first-order chi connectivity index (χ1) is 6.90. The highest BCUT2D eigenvalue weighted by Crippen LogP contribution is 2.17. The van der Waals surface area contributed by atoms with E-state index >= 15 is 0 Å². The second-order valence-electron chi connectivity index (χ2n) is 2.82. The van der Waals surface area contributed by atoms with E-state index in [-0.39, 0.29) is 0 Å². The number of hydrogen-bond donors (Lipinski definition) is 0. The summed E-state index contributed by atoms with van der Waals surface area (Å²) in [4.78, 5) is 0. The van der Waals surface area contributed by atoms with Crippen molar-refractivity contribution in [3.05, 3.63) is 35.2 Å². The van der Waals surface area contributed by atoms with Gasteiger partial charge in [-0.2, -0.15) is 5.26 Å². The van der Waals surface area contributed by atoms with Gasteiger partial charge in [-0.25, -0.2) is 0 Å². The fourth-order valence-electron chi connectivity index (χ4n) is 1.18. The SMILES string of the molecule is N#CCc1ccc(-c2csnn2)cc1. The van der Waals surface area contributed by atoms with Gasteiger partial charge in [-0.3, -0.25) is 0 Å². The number of nitriles is 1. The van der Waals surface area contributed by atoms with Crippen LogP contribution in [0.5, 0.6) is 0 Å².